The summed E-state index contributed by atoms with van der Waals surface area (Å²) in [6.45, 7) is 4.35. The number of likely N-dealkylation sites (tertiary alicyclic amines) is 1. The first kappa shape index (κ1) is 9.96. The molecule has 1 rings (SSSR count). The Hall–Kier alpha value is -0.120. The molecule has 0 radical (unpaired) electrons. The van der Waals surface area contributed by atoms with Gasteiger partial charge in [0.15, 0.2) is 0 Å². The van der Waals surface area contributed by atoms with Crippen molar-refractivity contribution in [2.24, 2.45) is 0 Å². The fourth-order valence-electron chi connectivity index (χ4n) is 1.80. The Morgan fingerprint density at radius 3 is 2.83 bits per heavy atom. The van der Waals surface area contributed by atoms with E-state index < -0.39 is 0 Å². The Morgan fingerprint density at radius 2 is 2.25 bits per heavy atom. The third kappa shape index (κ3) is 2.73. The molecular formula is C9H19NO2. The van der Waals surface area contributed by atoms with Gasteiger partial charge in [-0.1, -0.05) is 0 Å². The molecule has 0 aromatic rings. The summed E-state index contributed by atoms with van der Waals surface area (Å²) in [5.74, 6) is 0. The van der Waals surface area contributed by atoms with E-state index in [9.17, 15) is 5.11 Å². The summed E-state index contributed by atoms with van der Waals surface area (Å²) in [5, 5.41) is 18.0. The van der Waals surface area contributed by atoms with Crippen LogP contribution >= 0.6 is 0 Å². The van der Waals surface area contributed by atoms with Crippen LogP contribution in [0.4, 0.5) is 0 Å². The van der Waals surface area contributed by atoms with Gasteiger partial charge in [-0.15, -0.1) is 0 Å². The van der Waals surface area contributed by atoms with Gasteiger partial charge in [0, 0.05) is 25.7 Å². The Balaban J connectivity index is 2.25. The fourth-order valence-corrected chi connectivity index (χ4v) is 1.80. The molecule has 0 bridgehead atoms. The van der Waals surface area contributed by atoms with Crippen molar-refractivity contribution >= 4 is 0 Å². The maximum atomic E-state index is 9.35. The van der Waals surface area contributed by atoms with E-state index in [-0.39, 0.29) is 12.7 Å². The van der Waals surface area contributed by atoms with Gasteiger partial charge < -0.3 is 15.1 Å². The lowest BCUT2D eigenvalue weighted by atomic mass is 10.0. The van der Waals surface area contributed by atoms with Crippen LogP contribution in [0.25, 0.3) is 0 Å². The molecule has 1 aliphatic rings. The molecule has 0 aromatic heterocycles. The van der Waals surface area contributed by atoms with E-state index in [0.29, 0.717) is 6.04 Å². The van der Waals surface area contributed by atoms with E-state index in [0.717, 1.165) is 32.4 Å². The molecule has 1 aliphatic heterocycles. The van der Waals surface area contributed by atoms with Crippen LogP contribution in [0, 0.1) is 0 Å². The highest BCUT2D eigenvalue weighted by Crippen LogP contribution is 2.16. The van der Waals surface area contributed by atoms with Crippen LogP contribution in [0.2, 0.25) is 0 Å². The zero-order valence-corrected chi connectivity index (χ0v) is 7.74. The predicted molar refractivity (Wildman–Crippen MR) is 48.0 cm³/mol. The standard InChI is InChI=1S/C9H19NO2/c1-8-7-9(12)3-5-10(8)4-2-6-11/h8-9,11-12H,2-7H2,1H3/t8-,9-/m0/s1. The van der Waals surface area contributed by atoms with Crippen molar-refractivity contribution in [1.29, 1.82) is 0 Å². The van der Waals surface area contributed by atoms with E-state index in [1.54, 1.807) is 0 Å². The molecule has 3 nitrogen and oxygen atoms in total. The first-order chi connectivity index (χ1) is 5.74. The highest BCUT2D eigenvalue weighted by Gasteiger charge is 2.22. The lowest BCUT2D eigenvalue weighted by Crippen LogP contribution is -2.43. The van der Waals surface area contributed by atoms with Gasteiger partial charge in [-0.25, -0.2) is 0 Å². The van der Waals surface area contributed by atoms with Gasteiger partial charge in [-0.2, -0.15) is 0 Å². The highest BCUT2D eigenvalue weighted by molar-refractivity contribution is 4.77. The predicted octanol–water partition coefficient (Wildman–Crippen LogP) is 0.214. The van der Waals surface area contributed by atoms with E-state index >= 15 is 0 Å². The zero-order chi connectivity index (χ0) is 8.97. The van der Waals surface area contributed by atoms with Crippen molar-refractivity contribution in [3.8, 4) is 0 Å². The summed E-state index contributed by atoms with van der Waals surface area (Å²) in [5.41, 5.74) is 0. The largest absolute Gasteiger partial charge is 0.396 e. The Morgan fingerprint density at radius 1 is 1.50 bits per heavy atom. The molecule has 1 heterocycles. The van der Waals surface area contributed by atoms with Gasteiger partial charge in [0.2, 0.25) is 0 Å². The van der Waals surface area contributed by atoms with Gasteiger partial charge in [-0.3, -0.25) is 0 Å². The average Bonchev–Trinajstić information content (AvgIpc) is 2.03. The summed E-state index contributed by atoms with van der Waals surface area (Å²) < 4.78 is 0. The van der Waals surface area contributed by atoms with Crippen molar-refractivity contribution in [2.45, 2.75) is 38.3 Å². The highest BCUT2D eigenvalue weighted by atomic mass is 16.3. The average molecular weight is 173 g/mol. The van der Waals surface area contributed by atoms with Gasteiger partial charge >= 0.3 is 0 Å². The van der Waals surface area contributed by atoms with Crippen LogP contribution in [0.15, 0.2) is 0 Å². The molecule has 0 spiro atoms. The summed E-state index contributed by atoms with van der Waals surface area (Å²) in [6, 6.07) is 0.472. The number of nitrogens with zero attached hydrogens (tertiary/aromatic N) is 1. The van der Waals surface area contributed by atoms with Crippen molar-refractivity contribution < 1.29 is 10.2 Å². The van der Waals surface area contributed by atoms with E-state index in [4.69, 9.17) is 5.11 Å². The molecule has 0 aliphatic carbocycles. The lowest BCUT2D eigenvalue weighted by Gasteiger charge is -2.35. The van der Waals surface area contributed by atoms with Gasteiger partial charge in [0.1, 0.15) is 0 Å². The van der Waals surface area contributed by atoms with E-state index in [1.165, 1.54) is 0 Å². The minimum atomic E-state index is -0.106. The van der Waals surface area contributed by atoms with Crippen molar-refractivity contribution in [3.05, 3.63) is 0 Å². The maximum Gasteiger partial charge on any atom is 0.0567 e. The molecule has 12 heavy (non-hydrogen) atoms. The Bertz CT molecular complexity index is 128. The van der Waals surface area contributed by atoms with Crippen LogP contribution in [0.5, 0.6) is 0 Å². The molecule has 2 atom stereocenters. The fraction of sp³-hybridized carbons (Fsp3) is 1.00. The summed E-state index contributed by atoms with van der Waals surface area (Å²) in [4.78, 5) is 2.34. The van der Waals surface area contributed by atoms with Crippen molar-refractivity contribution in [1.82, 2.24) is 4.90 Å². The molecule has 3 heteroatoms. The number of piperidine rings is 1. The SMILES string of the molecule is C[C@H]1C[C@@H](O)CCN1CCCO. The minimum Gasteiger partial charge on any atom is -0.396 e. The van der Waals surface area contributed by atoms with Gasteiger partial charge in [0.25, 0.3) is 0 Å². The minimum absolute atomic E-state index is 0.106. The number of rotatable bonds is 3. The Labute approximate surface area is 74.0 Å². The number of hydrogen-bond donors (Lipinski definition) is 2. The normalized spacial score (nSPS) is 32.2. The molecular weight excluding hydrogens is 154 g/mol. The van der Waals surface area contributed by atoms with Crippen molar-refractivity contribution in [2.75, 3.05) is 19.7 Å². The third-order valence-electron chi connectivity index (χ3n) is 2.59. The third-order valence-corrected chi connectivity index (χ3v) is 2.59. The van der Waals surface area contributed by atoms with Gasteiger partial charge in [0.05, 0.1) is 6.10 Å². The number of aliphatic hydroxyl groups is 2. The zero-order valence-electron chi connectivity index (χ0n) is 7.74. The number of hydrogen-bond acceptors (Lipinski definition) is 3. The summed E-state index contributed by atoms with van der Waals surface area (Å²) in [7, 11) is 0. The molecule has 1 fully saturated rings. The molecule has 2 N–H and O–H groups in total. The first-order valence-electron chi connectivity index (χ1n) is 4.77. The van der Waals surface area contributed by atoms with Gasteiger partial charge in [-0.05, 0) is 26.2 Å². The number of aliphatic hydroxyl groups excluding tert-OH is 2. The summed E-state index contributed by atoms with van der Waals surface area (Å²) >= 11 is 0. The maximum absolute atomic E-state index is 9.35. The molecule has 0 saturated carbocycles. The van der Waals surface area contributed by atoms with Crippen LogP contribution < -0.4 is 0 Å². The molecule has 1 saturated heterocycles. The molecule has 72 valence electrons. The van der Waals surface area contributed by atoms with Crippen molar-refractivity contribution in [3.63, 3.8) is 0 Å². The second kappa shape index (κ2) is 4.80. The molecule has 0 aromatic carbocycles. The van der Waals surface area contributed by atoms with E-state index in [2.05, 4.69) is 11.8 Å². The van der Waals surface area contributed by atoms with E-state index in [1.807, 2.05) is 0 Å². The first-order valence-corrected chi connectivity index (χ1v) is 4.77. The Kier molecular flexibility index (Phi) is 3.98. The van der Waals surface area contributed by atoms with Crippen LogP contribution in [0.3, 0.4) is 0 Å². The van der Waals surface area contributed by atoms with Crippen LogP contribution in [-0.4, -0.2) is 47.0 Å². The van der Waals surface area contributed by atoms with Crippen LogP contribution in [0.1, 0.15) is 26.2 Å². The quantitative estimate of drug-likeness (QED) is 0.641. The monoisotopic (exact) mass is 173 g/mol. The topological polar surface area (TPSA) is 43.7 Å². The second-order valence-electron chi connectivity index (χ2n) is 3.64. The molecule has 0 amide bonds. The van der Waals surface area contributed by atoms with Crippen LogP contribution in [-0.2, 0) is 0 Å². The second-order valence-corrected chi connectivity index (χ2v) is 3.64. The smallest absolute Gasteiger partial charge is 0.0567 e. The molecule has 0 unspecified atom stereocenters. The summed E-state index contributed by atoms with van der Waals surface area (Å²) in [6.07, 6.45) is 2.51. The lowest BCUT2D eigenvalue weighted by molar-refractivity contribution is 0.0454.